The summed E-state index contributed by atoms with van der Waals surface area (Å²) in [6.45, 7) is 0.0781. The van der Waals surface area contributed by atoms with Crippen molar-refractivity contribution in [3.8, 4) is 0 Å². The third kappa shape index (κ3) is 7.92. The molecule has 2 radical (unpaired) electrons. The van der Waals surface area contributed by atoms with Crippen molar-refractivity contribution in [1.29, 1.82) is 0 Å². The number of unbranched alkanes of at least 4 members (excludes halogenated alkanes) is 4. The Morgan fingerprint density at radius 3 is 1.22 bits per heavy atom. The fourth-order valence-corrected chi connectivity index (χ4v) is 0.734. The predicted molar refractivity (Wildman–Crippen MR) is 34.2 cm³/mol. The lowest BCUT2D eigenvalue weighted by Gasteiger charge is -1.94. The van der Waals surface area contributed by atoms with Crippen molar-refractivity contribution in [1.82, 2.24) is 0 Å². The smallest absolute Gasteiger partial charge is 0.0822 e. The Hall–Kier alpha value is -0.0800. The molecule has 0 fully saturated rings. The third-order valence-electron chi connectivity index (χ3n) is 1.29. The maximum atomic E-state index is 9.90. The second-order valence-corrected chi connectivity index (χ2v) is 2.18. The van der Waals surface area contributed by atoms with E-state index in [4.69, 9.17) is 0 Å². The van der Waals surface area contributed by atoms with E-state index in [1.165, 1.54) is 0 Å². The molecule has 0 rings (SSSR count). The zero-order chi connectivity index (χ0) is 6.95. The average Bonchev–Trinajstić information content (AvgIpc) is 1.89. The average molecular weight is 130 g/mol. The molecule has 0 amide bonds. The number of hydrogen-bond acceptors (Lipinski definition) is 0. The second-order valence-electron chi connectivity index (χ2n) is 2.18. The zero-order valence-corrected chi connectivity index (χ0v) is 5.77. The van der Waals surface area contributed by atoms with Crippen LogP contribution in [0.3, 0.4) is 0 Å². The van der Waals surface area contributed by atoms with Gasteiger partial charge in [0.15, 0.2) is 0 Å². The molecular formula is C7H14O2. The normalized spacial score (nSPS) is 10.0. The molecule has 0 aromatic rings. The van der Waals surface area contributed by atoms with Crippen molar-refractivity contribution >= 4 is 0 Å². The molecule has 0 aromatic heterocycles. The fraction of sp³-hybridized carbons (Fsp3) is 1.00. The van der Waals surface area contributed by atoms with Crippen molar-refractivity contribution in [3.05, 3.63) is 0 Å². The summed E-state index contributed by atoms with van der Waals surface area (Å²) in [6, 6.07) is 0. The molecule has 0 saturated heterocycles. The van der Waals surface area contributed by atoms with Crippen LogP contribution >= 0.6 is 0 Å². The van der Waals surface area contributed by atoms with Crippen molar-refractivity contribution in [2.45, 2.75) is 32.1 Å². The summed E-state index contributed by atoms with van der Waals surface area (Å²) >= 11 is 0. The molecule has 0 unspecified atom stereocenters. The Labute approximate surface area is 56.5 Å². The van der Waals surface area contributed by atoms with Crippen molar-refractivity contribution in [3.63, 3.8) is 0 Å². The van der Waals surface area contributed by atoms with Crippen LogP contribution in [0.1, 0.15) is 32.1 Å². The monoisotopic (exact) mass is 130 g/mol. The van der Waals surface area contributed by atoms with Gasteiger partial charge < -0.3 is 0 Å². The Balaban J connectivity index is 2.60. The van der Waals surface area contributed by atoms with E-state index in [9.17, 15) is 10.2 Å². The molecule has 0 spiro atoms. The van der Waals surface area contributed by atoms with Gasteiger partial charge in [-0.1, -0.05) is 19.3 Å². The maximum Gasteiger partial charge on any atom is 0.0822 e. The van der Waals surface area contributed by atoms with Gasteiger partial charge in [0.1, 0.15) is 0 Å². The van der Waals surface area contributed by atoms with Gasteiger partial charge in [0.05, 0.1) is 13.2 Å². The van der Waals surface area contributed by atoms with Crippen LogP contribution in [0.25, 0.3) is 0 Å². The Morgan fingerprint density at radius 2 is 0.889 bits per heavy atom. The minimum absolute atomic E-state index is 0.0391. The van der Waals surface area contributed by atoms with Crippen molar-refractivity contribution < 1.29 is 10.2 Å². The van der Waals surface area contributed by atoms with Crippen LogP contribution in [0.2, 0.25) is 0 Å². The van der Waals surface area contributed by atoms with Crippen molar-refractivity contribution in [2.75, 3.05) is 13.2 Å². The first-order chi connectivity index (χ1) is 4.41. The summed E-state index contributed by atoms with van der Waals surface area (Å²) in [4.78, 5) is 0. The lowest BCUT2D eigenvalue weighted by Crippen LogP contribution is -1.84. The van der Waals surface area contributed by atoms with Crippen LogP contribution in [0.4, 0.5) is 0 Å². The topological polar surface area (TPSA) is 39.8 Å². The van der Waals surface area contributed by atoms with Gasteiger partial charge in [0, 0.05) is 0 Å². The van der Waals surface area contributed by atoms with E-state index < -0.39 is 0 Å². The molecule has 54 valence electrons. The first-order valence-electron chi connectivity index (χ1n) is 3.58. The van der Waals surface area contributed by atoms with Gasteiger partial charge >= 0.3 is 0 Å². The van der Waals surface area contributed by atoms with E-state index in [0.717, 1.165) is 32.1 Å². The molecule has 0 atom stereocenters. The van der Waals surface area contributed by atoms with E-state index in [2.05, 4.69) is 0 Å². The minimum Gasteiger partial charge on any atom is -0.237 e. The predicted octanol–water partition coefficient (Wildman–Crippen LogP) is 1.80. The minimum atomic E-state index is 0.0391. The summed E-state index contributed by atoms with van der Waals surface area (Å²) in [5.74, 6) is 0. The number of rotatable bonds is 6. The summed E-state index contributed by atoms with van der Waals surface area (Å²) in [6.07, 6.45) is 4.62. The second kappa shape index (κ2) is 7.92. The van der Waals surface area contributed by atoms with Gasteiger partial charge in [-0.3, -0.25) is 0 Å². The summed E-state index contributed by atoms with van der Waals surface area (Å²) < 4.78 is 0. The molecule has 9 heavy (non-hydrogen) atoms. The van der Waals surface area contributed by atoms with Gasteiger partial charge in [-0.15, -0.1) is 0 Å². The van der Waals surface area contributed by atoms with E-state index in [1.807, 2.05) is 0 Å². The van der Waals surface area contributed by atoms with E-state index in [-0.39, 0.29) is 13.2 Å². The van der Waals surface area contributed by atoms with Crippen LogP contribution in [0.15, 0.2) is 0 Å². The standard InChI is InChI=1S/C7H14O2/c8-6-4-2-1-3-5-7-9/h1-7H2. The van der Waals surface area contributed by atoms with E-state index >= 15 is 0 Å². The lowest BCUT2D eigenvalue weighted by atomic mass is 10.2. The molecule has 0 aliphatic heterocycles. The zero-order valence-electron chi connectivity index (χ0n) is 5.77. The summed E-state index contributed by atoms with van der Waals surface area (Å²) in [5.41, 5.74) is 0. The Bertz CT molecular complexity index is 40.2. The Morgan fingerprint density at radius 1 is 0.556 bits per heavy atom. The van der Waals surface area contributed by atoms with Crippen LogP contribution in [-0.4, -0.2) is 13.2 Å². The van der Waals surface area contributed by atoms with Gasteiger partial charge in [-0.05, 0) is 12.8 Å². The summed E-state index contributed by atoms with van der Waals surface area (Å²) in [5, 5.41) is 19.8. The highest BCUT2D eigenvalue weighted by Crippen LogP contribution is 2.01. The molecule has 0 heterocycles. The third-order valence-corrected chi connectivity index (χ3v) is 1.29. The molecule has 2 nitrogen and oxygen atoms in total. The maximum absolute atomic E-state index is 9.90. The van der Waals surface area contributed by atoms with Crippen LogP contribution in [0.5, 0.6) is 0 Å². The van der Waals surface area contributed by atoms with Crippen LogP contribution < -0.4 is 0 Å². The molecule has 0 bridgehead atoms. The SMILES string of the molecule is [O]CCCCCCC[O]. The van der Waals surface area contributed by atoms with Gasteiger partial charge in [-0.2, -0.15) is 0 Å². The molecule has 0 aliphatic rings. The lowest BCUT2D eigenvalue weighted by molar-refractivity contribution is 0.179. The Kier molecular flexibility index (Phi) is 7.85. The molecule has 0 aliphatic carbocycles. The van der Waals surface area contributed by atoms with Crippen molar-refractivity contribution in [2.24, 2.45) is 0 Å². The molecular weight excluding hydrogens is 116 g/mol. The first-order valence-corrected chi connectivity index (χ1v) is 3.58. The fourth-order valence-electron chi connectivity index (χ4n) is 0.734. The van der Waals surface area contributed by atoms with E-state index in [1.54, 1.807) is 0 Å². The van der Waals surface area contributed by atoms with Gasteiger partial charge in [0.2, 0.25) is 0 Å². The van der Waals surface area contributed by atoms with Crippen LogP contribution in [-0.2, 0) is 10.2 Å². The molecule has 0 N–H and O–H groups in total. The molecule has 2 heteroatoms. The van der Waals surface area contributed by atoms with Gasteiger partial charge in [0.25, 0.3) is 0 Å². The number of hydrogen-bond donors (Lipinski definition) is 0. The highest BCUT2D eigenvalue weighted by molar-refractivity contribution is 4.41. The summed E-state index contributed by atoms with van der Waals surface area (Å²) in [7, 11) is 0. The highest BCUT2D eigenvalue weighted by atomic mass is 16.3. The van der Waals surface area contributed by atoms with Crippen LogP contribution in [0, 0.1) is 0 Å². The van der Waals surface area contributed by atoms with E-state index in [0.29, 0.717) is 0 Å². The quantitative estimate of drug-likeness (QED) is 0.492. The molecule has 0 saturated carbocycles. The van der Waals surface area contributed by atoms with Gasteiger partial charge in [-0.25, -0.2) is 10.2 Å². The largest absolute Gasteiger partial charge is 0.237 e. The highest BCUT2D eigenvalue weighted by Gasteiger charge is 1.88. The first kappa shape index (κ1) is 8.92. The molecule has 0 aromatic carbocycles.